The van der Waals surface area contributed by atoms with E-state index in [1.807, 2.05) is 6.92 Å². The third-order valence-electron chi connectivity index (χ3n) is 2.83. The van der Waals surface area contributed by atoms with Crippen LogP contribution in [0.4, 0.5) is 5.69 Å². The van der Waals surface area contributed by atoms with E-state index in [0.717, 1.165) is 9.75 Å². The van der Waals surface area contributed by atoms with Gasteiger partial charge in [0.15, 0.2) is 0 Å². The molecular formula is C14H13NO5S. The zero-order chi connectivity index (χ0) is 15.6. The average Bonchev–Trinajstić information content (AvgIpc) is 2.78. The van der Waals surface area contributed by atoms with Crippen LogP contribution >= 0.6 is 11.3 Å². The summed E-state index contributed by atoms with van der Waals surface area (Å²) < 4.78 is 10.1. The number of nitrogens with zero attached hydrogens (tertiary/aromatic N) is 1. The number of hydrogen-bond donors (Lipinski definition) is 0. The first-order chi connectivity index (χ1) is 9.92. The number of benzene rings is 1. The molecule has 0 spiro atoms. The minimum atomic E-state index is -0.614. The monoisotopic (exact) mass is 307 g/mol. The Hall–Kier alpha value is -2.41. The van der Waals surface area contributed by atoms with Crippen molar-refractivity contribution in [2.24, 2.45) is 0 Å². The SMILES string of the molecule is COc1ccc(OC(=O)c2cc(C)sc2C)c([N+](=O)[O-])c1. The number of carbonyl (C=O) groups is 1. The van der Waals surface area contributed by atoms with Crippen molar-refractivity contribution in [1.29, 1.82) is 0 Å². The second-order valence-electron chi connectivity index (χ2n) is 4.31. The number of hydrogen-bond acceptors (Lipinski definition) is 6. The highest BCUT2D eigenvalue weighted by Gasteiger charge is 2.21. The Labute approximate surface area is 125 Å². The topological polar surface area (TPSA) is 78.7 Å². The Morgan fingerprint density at radius 3 is 2.52 bits per heavy atom. The molecule has 110 valence electrons. The van der Waals surface area contributed by atoms with E-state index < -0.39 is 10.9 Å². The standard InChI is InChI=1S/C14H13NO5S/c1-8-6-11(9(2)21-8)14(16)20-13-5-4-10(19-3)7-12(13)15(17)18/h4-7H,1-3H3. The lowest BCUT2D eigenvalue weighted by Gasteiger charge is -2.06. The van der Waals surface area contributed by atoms with E-state index in [1.54, 1.807) is 13.0 Å². The van der Waals surface area contributed by atoms with Crippen LogP contribution in [0.1, 0.15) is 20.1 Å². The molecule has 1 aromatic heterocycles. The fourth-order valence-corrected chi connectivity index (χ4v) is 2.75. The summed E-state index contributed by atoms with van der Waals surface area (Å²) in [5.74, 6) is -0.386. The average molecular weight is 307 g/mol. The van der Waals surface area contributed by atoms with Crippen LogP contribution in [-0.4, -0.2) is 18.0 Å². The van der Waals surface area contributed by atoms with Gasteiger partial charge in [-0.05, 0) is 32.0 Å². The van der Waals surface area contributed by atoms with Gasteiger partial charge in [-0.25, -0.2) is 4.79 Å². The van der Waals surface area contributed by atoms with Crippen LogP contribution in [0.3, 0.4) is 0 Å². The van der Waals surface area contributed by atoms with Crippen molar-refractivity contribution < 1.29 is 19.2 Å². The maximum atomic E-state index is 12.1. The van der Waals surface area contributed by atoms with Crippen molar-refractivity contribution in [3.05, 3.63) is 49.7 Å². The van der Waals surface area contributed by atoms with Crippen LogP contribution in [-0.2, 0) is 0 Å². The van der Waals surface area contributed by atoms with E-state index in [9.17, 15) is 14.9 Å². The Balaban J connectivity index is 2.33. The summed E-state index contributed by atoms with van der Waals surface area (Å²) in [7, 11) is 1.40. The van der Waals surface area contributed by atoms with E-state index in [-0.39, 0.29) is 11.4 Å². The van der Waals surface area contributed by atoms with Crippen molar-refractivity contribution in [1.82, 2.24) is 0 Å². The number of rotatable bonds is 4. The first kappa shape index (κ1) is 15.0. The fourth-order valence-electron chi connectivity index (χ4n) is 1.84. The number of aryl methyl sites for hydroxylation is 2. The molecule has 0 aliphatic heterocycles. The lowest BCUT2D eigenvalue weighted by atomic mass is 10.2. The zero-order valence-electron chi connectivity index (χ0n) is 11.7. The molecule has 0 atom stereocenters. The van der Waals surface area contributed by atoms with Gasteiger partial charge in [-0.1, -0.05) is 0 Å². The molecule has 1 heterocycles. The molecule has 0 fully saturated rings. The lowest BCUT2D eigenvalue weighted by molar-refractivity contribution is -0.385. The van der Waals surface area contributed by atoms with Gasteiger partial charge in [-0.15, -0.1) is 11.3 Å². The maximum absolute atomic E-state index is 12.1. The predicted molar refractivity (Wildman–Crippen MR) is 78.4 cm³/mol. The van der Waals surface area contributed by atoms with Crippen LogP contribution in [0.15, 0.2) is 24.3 Å². The van der Waals surface area contributed by atoms with Crippen molar-refractivity contribution in [2.45, 2.75) is 13.8 Å². The van der Waals surface area contributed by atoms with Crippen molar-refractivity contribution in [3.8, 4) is 11.5 Å². The van der Waals surface area contributed by atoms with Crippen LogP contribution in [0.5, 0.6) is 11.5 Å². The molecule has 0 aliphatic rings. The van der Waals surface area contributed by atoms with Gasteiger partial charge in [0, 0.05) is 9.75 Å². The van der Waals surface area contributed by atoms with E-state index in [1.165, 1.54) is 36.6 Å². The first-order valence-electron chi connectivity index (χ1n) is 6.04. The normalized spacial score (nSPS) is 10.2. The van der Waals surface area contributed by atoms with Crippen LogP contribution in [0.25, 0.3) is 0 Å². The molecule has 0 aliphatic carbocycles. The van der Waals surface area contributed by atoms with Crippen LogP contribution < -0.4 is 9.47 Å². The molecular weight excluding hydrogens is 294 g/mol. The van der Waals surface area contributed by atoms with Crippen molar-refractivity contribution in [3.63, 3.8) is 0 Å². The number of methoxy groups -OCH3 is 1. The molecule has 2 aromatic rings. The highest BCUT2D eigenvalue weighted by molar-refractivity contribution is 7.12. The van der Waals surface area contributed by atoms with Gasteiger partial charge in [-0.3, -0.25) is 10.1 Å². The predicted octanol–water partition coefficient (Wildman–Crippen LogP) is 3.50. The smallest absolute Gasteiger partial charge is 0.344 e. The summed E-state index contributed by atoms with van der Waals surface area (Å²) >= 11 is 1.47. The Morgan fingerprint density at radius 2 is 2.00 bits per heavy atom. The Bertz CT molecular complexity index is 707. The van der Waals surface area contributed by atoms with Gasteiger partial charge in [0.1, 0.15) is 5.75 Å². The molecule has 6 nitrogen and oxygen atoms in total. The van der Waals surface area contributed by atoms with Gasteiger partial charge in [0.2, 0.25) is 5.75 Å². The number of nitro benzene ring substituents is 1. The molecule has 0 saturated heterocycles. The van der Waals surface area contributed by atoms with E-state index >= 15 is 0 Å². The zero-order valence-corrected chi connectivity index (χ0v) is 12.5. The third-order valence-corrected chi connectivity index (χ3v) is 3.79. The highest BCUT2D eigenvalue weighted by atomic mass is 32.1. The third kappa shape index (κ3) is 3.19. The van der Waals surface area contributed by atoms with E-state index in [0.29, 0.717) is 11.3 Å². The maximum Gasteiger partial charge on any atom is 0.344 e. The molecule has 7 heteroatoms. The Morgan fingerprint density at radius 1 is 1.29 bits per heavy atom. The summed E-state index contributed by atoms with van der Waals surface area (Å²) in [4.78, 5) is 24.3. The number of esters is 1. The molecule has 0 bridgehead atoms. The van der Waals surface area contributed by atoms with Crippen molar-refractivity contribution in [2.75, 3.05) is 7.11 Å². The fraction of sp³-hybridized carbons (Fsp3) is 0.214. The molecule has 0 N–H and O–H groups in total. The van der Waals surface area contributed by atoms with E-state index in [2.05, 4.69) is 0 Å². The molecule has 0 amide bonds. The summed E-state index contributed by atoms with van der Waals surface area (Å²) in [6.45, 7) is 3.68. The van der Waals surface area contributed by atoms with Gasteiger partial charge < -0.3 is 9.47 Å². The van der Waals surface area contributed by atoms with Gasteiger partial charge in [0.05, 0.1) is 23.7 Å². The summed E-state index contributed by atoms with van der Waals surface area (Å²) in [5, 5.41) is 11.0. The lowest BCUT2D eigenvalue weighted by Crippen LogP contribution is -2.10. The Kier molecular flexibility index (Phi) is 4.23. The largest absolute Gasteiger partial charge is 0.496 e. The first-order valence-corrected chi connectivity index (χ1v) is 6.85. The number of ether oxygens (including phenoxy) is 2. The molecule has 1 aromatic carbocycles. The quantitative estimate of drug-likeness (QED) is 0.374. The van der Waals surface area contributed by atoms with Gasteiger partial charge in [0.25, 0.3) is 0 Å². The van der Waals surface area contributed by atoms with E-state index in [4.69, 9.17) is 9.47 Å². The van der Waals surface area contributed by atoms with Crippen molar-refractivity contribution >= 4 is 23.0 Å². The second-order valence-corrected chi connectivity index (χ2v) is 5.77. The number of thiophene rings is 1. The molecule has 21 heavy (non-hydrogen) atoms. The second kappa shape index (κ2) is 5.92. The molecule has 0 unspecified atom stereocenters. The van der Waals surface area contributed by atoms with Gasteiger partial charge in [-0.2, -0.15) is 0 Å². The molecule has 2 rings (SSSR count). The van der Waals surface area contributed by atoms with Gasteiger partial charge >= 0.3 is 11.7 Å². The minimum absolute atomic E-state index is 0.103. The van der Waals surface area contributed by atoms with Crippen LogP contribution in [0.2, 0.25) is 0 Å². The summed E-state index contributed by atoms with van der Waals surface area (Å²) in [6, 6.07) is 5.77. The highest BCUT2D eigenvalue weighted by Crippen LogP contribution is 2.32. The number of nitro groups is 1. The summed E-state index contributed by atoms with van der Waals surface area (Å²) in [5.41, 5.74) is 0.106. The molecule has 0 radical (unpaired) electrons. The van der Waals surface area contributed by atoms with Crippen LogP contribution in [0, 0.1) is 24.0 Å². The molecule has 0 saturated carbocycles. The number of carbonyl (C=O) groups excluding carboxylic acids is 1. The minimum Gasteiger partial charge on any atom is -0.496 e. The summed E-state index contributed by atoms with van der Waals surface area (Å²) in [6.07, 6.45) is 0.